The lowest BCUT2D eigenvalue weighted by Crippen LogP contribution is -2.20. The Balaban J connectivity index is 2.87. The highest BCUT2D eigenvalue weighted by Gasteiger charge is 2.06. The number of methoxy groups -OCH3 is 1. The van der Waals surface area contributed by atoms with Crippen LogP contribution < -0.4 is 4.90 Å². The first kappa shape index (κ1) is 12.2. The molecule has 0 saturated carbocycles. The molecule has 0 fully saturated rings. The van der Waals surface area contributed by atoms with E-state index in [0.717, 1.165) is 18.8 Å². The number of halogens is 1. The third-order valence-corrected chi connectivity index (χ3v) is 2.14. The predicted octanol–water partition coefficient (Wildman–Crippen LogP) is 2.12. The van der Waals surface area contributed by atoms with Crippen LogP contribution in [0.3, 0.4) is 0 Å². The van der Waals surface area contributed by atoms with Crippen LogP contribution in [-0.2, 0) is 11.3 Å². The molecule has 15 heavy (non-hydrogen) atoms. The minimum atomic E-state index is 0.382. The van der Waals surface area contributed by atoms with E-state index < -0.39 is 0 Å². The number of nitrogens with zero attached hydrogens (tertiary/aromatic N) is 3. The van der Waals surface area contributed by atoms with Crippen LogP contribution in [0.5, 0.6) is 0 Å². The summed E-state index contributed by atoms with van der Waals surface area (Å²) < 4.78 is 4.98. The van der Waals surface area contributed by atoms with Crippen LogP contribution in [0.2, 0.25) is 5.15 Å². The van der Waals surface area contributed by atoms with Gasteiger partial charge in [0.2, 0.25) is 0 Å². The fourth-order valence-corrected chi connectivity index (χ4v) is 1.49. The summed E-state index contributed by atoms with van der Waals surface area (Å²) in [6.07, 6.45) is 1.07. The Kier molecular flexibility index (Phi) is 4.78. The number of ether oxygens (including phenoxy) is 1. The van der Waals surface area contributed by atoms with Crippen molar-refractivity contribution in [3.8, 4) is 0 Å². The van der Waals surface area contributed by atoms with Gasteiger partial charge in [-0.3, -0.25) is 0 Å². The van der Waals surface area contributed by atoms with E-state index in [1.54, 1.807) is 13.2 Å². The predicted molar refractivity (Wildman–Crippen MR) is 61.3 cm³/mol. The van der Waals surface area contributed by atoms with E-state index in [9.17, 15) is 0 Å². The second-order valence-corrected chi connectivity index (χ2v) is 3.71. The van der Waals surface area contributed by atoms with E-state index in [0.29, 0.717) is 17.6 Å². The summed E-state index contributed by atoms with van der Waals surface area (Å²) in [5.74, 6) is 1.45. The average Bonchev–Trinajstić information content (AvgIpc) is 2.17. The molecule has 1 heterocycles. The minimum Gasteiger partial charge on any atom is -0.377 e. The fraction of sp³-hybridized carbons (Fsp3) is 0.600. The van der Waals surface area contributed by atoms with Gasteiger partial charge in [0.15, 0.2) is 5.82 Å². The molecule has 0 atom stereocenters. The number of anilines is 1. The van der Waals surface area contributed by atoms with Crippen molar-refractivity contribution in [3.63, 3.8) is 0 Å². The second-order valence-electron chi connectivity index (χ2n) is 3.32. The van der Waals surface area contributed by atoms with E-state index in [4.69, 9.17) is 16.3 Å². The molecule has 0 bridgehead atoms. The van der Waals surface area contributed by atoms with Gasteiger partial charge in [-0.1, -0.05) is 18.5 Å². The highest BCUT2D eigenvalue weighted by atomic mass is 35.5. The van der Waals surface area contributed by atoms with Crippen molar-refractivity contribution >= 4 is 17.4 Å². The Morgan fingerprint density at radius 2 is 2.20 bits per heavy atom. The van der Waals surface area contributed by atoms with Gasteiger partial charge in [0, 0.05) is 26.8 Å². The highest BCUT2D eigenvalue weighted by Crippen LogP contribution is 2.15. The molecule has 1 rings (SSSR count). The number of hydrogen-bond donors (Lipinski definition) is 0. The lowest BCUT2D eigenvalue weighted by atomic mass is 10.4. The molecule has 0 spiro atoms. The standard InChI is InChI=1S/C10H16ClN3O/c1-4-5-14(2)10-6-8(11)12-9(13-10)7-15-3/h6H,4-5,7H2,1-3H3. The summed E-state index contributed by atoms with van der Waals surface area (Å²) in [6.45, 7) is 3.45. The van der Waals surface area contributed by atoms with Gasteiger partial charge in [-0.05, 0) is 6.42 Å². The van der Waals surface area contributed by atoms with E-state index in [2.05, 4.69) is 16.9 Å². The SMILES string of the molecule is CCCN(C)c1cc(Cl)nc(COC)n1. The molecule has 5 heteroatoms. The Morgan fingerprint density at radius 1 is 1.47 bits per heavy atom. The molecule has 0 aliphatic carbocycles. The quantitative estimate of drug-likeness (QED) is 0.725. The molecule has 0 aromatic carbocycles. The molecule has 4 nitrogen and oxygen atoms in total. The Hall–Kier alpha value is -0.870. The first-order valence-corrected chi connectivity index (χ1v) is 5.28. The van der Waals surface area contributed by atoms with Crippen LogP contribution in [0.15, 0.2) is 6.07 Å². The molecule has 0 unspecified atom stereocenters. The zero-order valence-corrected chi connectivity index (χ0v) is 10.1. The molecule has 0 saturated heterocycles. The third-order valence-electron chi connectivity index (χ3n) is 1.95. The van der Waals surface area contributed by atoms with Crippen molar-refractivity contribution in [2.24, 2.45) is 0 Å². The Bertz CT molecular complexity index is 320. The van der Waals surface area contributed by atoms with Gasteiger partial charge in [0.1, 0.15) is 17.6 Å². The molecule has 1 aromatic rings. The van der Waals surface area contributed by atoms with Gasteiger partial charge in [0.25, 0.3) is 0 Å². The second kappa shape index (κ2) is 5.88. The number of hydrogen-bond acceptors (Lipinski definition) is 4. The summed E-state index contributed by atoms with van der Waals surface area (Å²) in [5, 5.41) is 0.454. The number of aromatic nitrogens is 2. The zero-order chi connectivity index (χ0) is 11.3. The summed E-state index contributed by atoms with van der Waals surface area (Å²) in [6, 6.07) is 1.76. The normalized spacial score (nSPS) is 10.4. The van der Waals surface area contributed by atoms with Gasteiger partial charge in [-0.15, -0.1) is 0 Å². The third kappa shape index (κ3) is 3.64. The van der Waals surface area contributed by atoms with Crippen molar-refractivity contribution in [2.75, 3.05) is 25.6 Å². The maximum atomic E-state index is 5.90. The van der Waals surface area contributed by atoms with Crippen molar-refractivity contribution < 1.29 is 4.74 Å². The van der Waals surface area contributed by atoms with Crippen LogP contribution in [0.4, 0.5) is 5.82 Å². The largest absolute Gasteiger partial charge is 0.377 e. The molecule has 0 amide bonds. The van der Waals surface area contributed by atoms with Crippen LogP contribution in [0, 0.1) is 0 Å². The molecular weight excluding hydrogens is 214 g/mol. The lowest BCUT2D eigenvalue weighted by molar-refractivity contribution is 0.178. The van der Waals surface area contributed by atoms with Crippen molar-refractivity contribution in [2.45, 2.75) is 20.0 Å². The Labute approximate surface area is 95.2 Å². The fourth-order valence-electron chi connectivity index (χ4n) is 1.29. The molecule has 0 radical (unpaired) electrons. The summed E-state index contributed by atoms with van der Waals surface area (Å²) >= 11 is 5.90. The van der Waals surface area contributed by atoms with Crippen LogP contribution in [0.1, 0.15) is 19.2 Å². The van der Waals surface area contributed by atoms with E-state index in [-0.39, 0.29) is 0 Å². The maximum absolute atomic E-state index is 5.90. The van der Waals surface area contributed by atoms with E-state index in [1.807, 2.05) is 11.9 Å². The molecule has 0 aliphatic rings. The van der Waals surface area contributed by atoms with Crippen LogP contribution >= 0.6 is 11.6 Å². The van der Waals surface area contributed by atoms with Crippen LogP contribution in [-0.4, -0.2) is 30.7 Å². The van der Waals surface area contributed by atoms with Gasteiger partial charge in [0.05, 0.1) is 0 Å². The van der Waals surface area contributed by atoms with Crippen molar-refractivity contribution in [3.05, 3.63) is 17.0 Å². The number of rotatable bonds is 5. The van der Waals surface area contributed by atoms with Gasteiger partial charge >= 0.3 is 0 Å². The molecular formula is C10H16ClN3O. The van der Waals surface area contributed by atoms with E-state index in [1.165, 1.54) is 0 Å². The maximum Gasteiger partial charge on any atom is 0.158 e. The summed E-state index contributed by atoms with van der Waals surface area (Å²) in [5.41, 5.74) is 0. The van der Waals surface area contributed by atoms with Crippen molar-refractivity contribution in [1.29, 1.82) is 0 Å². The van der Waals surface area contributed by atoms with Gasteiger partial charge < -0.3 is 9.64 Å². The van der Waals surface area contributed by atoms with E-state index >= 15 is 0 Å². The average molecular weight is 230 g/mol. The lowest BCUT2D eigenvalue weighted by Gasteiger charge is -2.17. The first-order valence-electron chi connectivity index (χ1n) is 4.91. The van der Waals surface area contributed by atoms with Crippen molar-refractivity contribution in [1.82, 2.24) is 9.97 Å². The molecule has 84 valence electrons. The van der Waals surface area contributed by atoms with Gasteiger partial charge in [-0.2, -0.15) is 0 Å². The summed E-state index contributed by atoms with van der Waals surface area (Å²) in [4.78, 5) is 10.5. The highest BCUT2D eigenvalue weighted by molar-refractivity contribution is 6.29. The zero-order valence-electron chi connectivity index (χ0n) is 9.33. The smallest absolute Gasteiger partial charge is 0.158 e. The van der Waals surface area contributed by atoms with Crippen LogP contribution in [0.25, 0.3) is 0 Å². The molecule has 1 aromatic heterocycles. The monoisotopic (exact) mass is 229 g/mol. The first-order chi connectivity index (χ1) is 7.17. The molecule has 0 aliphatic heterocycles. The Morgan fingerprint density at radius 3 is 2.80 bits per heavy atom. The topological polar surface area (TPSA) is 38.2 Å². The molecule has 0 N–H and O–H groups in total. The minimum absolute atomic E-state index is 0.382. The summed E-state index contributed by atoms with van der Waals surface area (Å²) in [7, 11) is 3.60. The van der Waals surface area contributed by atoms with Gasteiger partial charge in [-0.25, -0.2) is 9.97 Å².